The highest BCUT2D eigenvalue weighted by atomic mass is 32.2. The zero-order valence-corrected chi connectivity index (χ0v) is 14.7. The fourth-order valence-corrected chi connectivity index (χ4v) is 5.21. The zero-order chi connectivity index (χ0) is 16.7. The predicted octanol–water partition coefficient (Wildman–Crippen LogP) is 3.41. The molecule has 2 aromatic heterocycles. The number of thiophene rings is 1. The summed E-state index contributed by atoms with van der Waals surface area (Å²) in [7, 11) is 0. The second-order valence-electron chi connectivity index (χ2n) is 5.29. The average Bonchev–Trinajstić information content (AvgIpc) is 3.21. The Bertz CT molecular complexity index is 961. The quantitative estimate of drug-likeness (QED) is 0.554. The van der Waals surface area contributed by atoms with Crippen LogP contribution in [0.15, 0.2) is 36.4 Å². The number of nitrogens with zero attached hydrogens (tertiary/aromatic N) is 1. The highest BCUT2D eigenvalue weighted by Crippen LogP contribution is 2.40. The van der Waals surface area contributed by atoms with Gasteiger partial charge in [-0.05, 0) is 28.8 Å². The lowest BCUT2D eigenvalue weighted by Gasteiger charge is -2.01. The SMILES string of the molecule is O=C(Nc1nc2c(s1)Cc1ccccc1-2)c1ccc(CS(=O)[O-])s1. The molecule has 1 amide bonds. The van der Waals surface area contributed by atoms with Crippen LogP contribution in [0.3, 0.4) is 0 Å². The molecule has 0 saturated carbocycles. The van der Waals surface area contributed by atoms with E-state index in [2.05, 4.69) is 16.4 Å². The van der Waals surface area contributed by atoms with Crippen molar-refractivity contribution in [1.29, 1.82) is 0 Å². The van der Waals surface area contributed by atoms with Crippen LogP contribution in [0.4, 0.5) is 5.13 Å². The second-order valence-corrected chi connectivity index (χ2v) is 8.44. The molecule has 0 saturated heterocycles. The van der Waals surface area contributed by atoms with Crippen molar-refractivity contribution >= 4 is 44.8 Å². The highest BCUT2D eigenvalue weighted by Gasteiger charge is 2.23. The van der Waals surface area contributed by atoms with Gasteiger partial charge in [0.2, 0.25) is 0 Å². The van der Waals surface area contributed by atoms with E-state index in [1.165, 1.54) is 28.2 Å². The number of carbonyl (C=O) groups excluding carboxylic acids is 1. The Labute approximate surface area is 148 Å². The Hall–Kier alpha value is -1.87. The van der Waals surface area contributed by atoms with Crippen molar-refractivity contribution in [3.8, 4) is 11.3 Å². The normalized spacial score (nSPS) is 13.4. The van der Waals surface area contributed by atoms with Gasteiger partial charge >= 0.3 is 0 Å². The lowest BCUT2D eigenvalue weighted by atomic mass is 10.1. The standard InChI is InChI=1S/C16H12N2O3S3/c19-15(12-6-5-10(22-12)8-24(20)21)18-16-17-14-11-4-2-1-3-9(11)7-13(14)23-16/h1-6H,7-8H2,(H,20,21)(H,17,18,19)/p-1. The minimum Gasteiger partial charge on any atom is -0.772 e. The van der Waals surface area contributed by atoms with E-state index in [1.54, 1.807) is 12.1 Å². The van der Waals surface area contributed by atoms with Crippen LogP contribution in [0.1, 0.15) is 25.0 Å². The van der Waals surface area contributed by atoms with Crippen molar-refractivity contribution in [2.75, 3.05) is 5.32 Å². The van der Waals surface area contributed by atoms with Crippen LogP contribution >= 0.6 is 22.7 Å². The monoisotopic (exact) mass is 375 g/mol. The Balaban J connectivity index is 1.52. The van der Waals surface area contributed by atoms with E-state index in [1.807, 2.05) is 18.2 Å². The molecular weight excluding hydrogens is 364 g/mol. The Morgan fingerprint density at radius 2 is 2.08 bits per heavy atom. The van der Waals surface area contributed by atoms with E-state index in [-0.39, 0.29) is 11.7 Å². The molecule has 0 bridgehead atoms. The predicted molar refractivity (Wildman–Crippen MR) is 95.3 cm³/mol. The van der Waals surface area contributed by atoms with Gasteiger partial charge in [-0.1, -0.05) is 24.3 Å². The first-order valence-corrected chi connectivity index (χ1v) is 10.0. The molecule has 1 unspecified atom stereocenters. The third-order valence-corrected chi connectivity index (χ3v) is 6.47. The molecule has 3 aromatic rings. The number of thiazole rings is 1. The van der Waals surface area contributed by atoms with Gasteiger partial charge in [-0.15, -0.1) is 22.7 Å². The maximum atomic E-state index is 12.3. The van der Waals surface area contributed by atoms with Gasteiger partial charge in [0, 0.05) is 27.5 Å². The van der Waals surface area contributed by atoms with Gasteiger partial charge in [-0.2, -0.15) is 0 Å². The molecule has 1 aromatic carbocycles. The van der Waals surface area contributed by atoms with Crippen LogP contribution in [-0.2, 0) is 23.3 Å². The molecule has 0 spiro atoms. The van der Waals surface area contributed by atoms with Crippen molar-refractivity contribution < 1.29 is 13.6 Å². The van der Waals surface area contributed by atoms with Gasteiger partial charge in [0.1, 0.15) is 0 Å². The summed E-state index contributed by atoms with van der Waals surface area (Å²) in [5.74, 6) is -0.330. The van der Waals surface area contributed by atoms with Gasteiger partial charge in [0.25, 0.3) is 5.91 Å². The summed E-state index contributed by atoms with van der Waals surface area (Å²) in [5, 5.41) is 3.38. The highest BCUT2D eigenvalue weighted by molar-refractivity contribution is 7.78. The third kappa shape index (κ3) is 2.93. The van der Waals surface area contributed by atoms with Gasteiger partial charge in [0.05, 0.1) is 10.6 Å². The molecule has 4 rings (SSSR count). The van der Waals surface area contributed by atoms with Crippen molar-refractivity contribution in [2.24, 2.45) is 0 Å². The summed E-state index contributed by atoms with van der Waals surface area (Å²) in [6.07, 6.45) is 0.845. The number of benzene rings is 1. The summed E-state index contributed by atoms with van der Waals surface area (Å²) < 4.78 is 21.4. The molecule has 5 nitrogen and oxygen atoms in total. The van der Waals surface area contributed by atoms with Crippen molar-refractivity contribution in [3.63, 3.8) is 0 Å². The fraction of sp³-hybridized carbons (Fsp3) is 0.125. The van der Waals surface area contributed by atoms with E-state index in [0.717, 1.165) is 22.6 Å². The number of amides is 1. The number of nitrogens with one attached hydrogen (secondary N) is 1. The molecule has 1 aliphatic rings. The summed E-state index contributed by atoms with van der Waals surface area (Å²) in [4.78, 5) is 19.1. The van der Waals surface area contributed by atoms with Gasteiger partial charge < -0.3 is 4.55 Å². The third-order valence-electron chi connectivity index (χ3n) is 3.69. The Morgan fingerprint density at radius 3 is 2.92 bits per heavy atom. The summed E-state index contributed by atoms with van der Waals surface area (Å²) in [6, 6.07) is 11.4. The van der Waals surface area contributed by atoms with E-state index >= 15 is 0 Å². The van der Waals surface area contributed by atoms with Gasteiger partial charge in [0.15, 0.2) is 5.13 Å². The van der Waals surface area contributed by atoms with Crippen LogP contribution in [0, 0.1) is 0 Å². The van der Waals surface area contributed by atoms with Crippen molar-refractivity contribution in [3.05, 3.63) is 56.6 Å². The van der Waals surface area contributed by atoms with Crippen molar-refractivity contribution in [1.82, 2.24) is 4.98 Å². The molecule has 122 valence electrons. The fourth-order valence-electron chi connectivity index (χ4n) is 2.67. The number of fused-ring (bicyclic) bond motifs is 3. The van der Waals surface area contributed by atoms with Crippen LogP contribution in [0.5, 0.6) is 0 Å². The Kier molecular flexibility index (Phi) is 4.05. The molecule has 0 radical (unpaired) electrons. The smallest absolute Gasteiger partial charge is 0.267 e. The lowest BCUT2D eigenvalue weighted by molar-refractivity contribution is 0.103. The zero-order valence-electron chi connectivity index (χ0n) is 12.3. The average molecular weight is 375 g/mol. The maximum absolute atomic E-state index is 12.3. The number of carbonyl (C=O) groups is 1. The summed E-state index contributed by atoms with van der Waals surface area (Å²) in [6.45, 7) is 0. The molecule has 1 atom stereocenters. The summed E-state index contributed by atoms with van der Waals surface area (Å²) >= 11 is 0.511. The molecular formula is C16H11N2O3S3-. The van der Waals surface area contributed by atoms with Gasteiger partial charge in [-0.3, -0.25) is 14.3 Å². The van der Waals surface area contributed by atoms with E-state index < -0.39 is 11.1 Å². The molecule has 1 aliphatic carbocycles. The van der Waals surface area contributed by atoms with E-state index in [0.29, 0.717) is 14.9 Å². The maximum Gasteiger partial charge on any atom is 0.267 e. The minimum atomic E-state index is -2.15. The lowest BCUT2D eigenvalue weighted by Crippen LogP contribution is -2.09. The van der Waals surface area contributed by atoms with Crippen molar-refractivity contribution in [2.45, 2.75) is 12.2 Å². The molecule has 0 fully saturated rings. The second kappa shape index (κ2) is 6.21. The first-order chi connectivity index (χ1) is 11.6. The topological polar surface area (TPSA) is 82.1 Å². The molecule has 1 N–H and O–H groups in total. The van der Waals surface area contributed by atoms with Gasteiger partial charge in [-0.25, -0.2) is 4.98 Å². The van der Waals surface area contributed by atoms with Crippen LogP contribution < -0.4 is 5.32 Å². The molecule has 24 heavy (non-hydrogen) atoms. The Morgan fingerprint density at radius 1 is 1.25 bits per heavy atom. The number of anilines is 1. The summed E-state index contributed by atoms with van der Waals surface area (Å²) in [5.41, 5.74) is 3.33. The largest absolute Gasteiger partial charge is 0.772 e. The van der Waals surface area contributed by atoms with E-state index in [4.69, 9.17) is 0 Å². The van der Waals surface area contributed by atoms with E-state index in [9.17, 15) is 13.6 Å². The number of hydrogen-bond donors (Lipinski definition) is 1. The molecule has 8 heteroatoms. The van der Waals surface area contributed by atoms with Crippen LogP contribution in [-0.4, -0.2) is 19.7 Å². The number of rotatable bonds is 4. The first-order valence-electron chi connectivity index (χ1n) is 7.14. The molecule has 0 aliphatic heterocycles. The first kappa shape index (κ1) is 15.6. The number of aromatic nitrogens is 1. The van der Waals surface area contributed by atoms with Crippen LogP contribution in [0.25, 0.3) is 11.3 Å². The molecule has 2 heterocycles. The minimum absolute atomic E-state index is 0.0692. The number of hydrogen-bond acceptors (Lipinski definition) is 6. The van der Waals surface area contributed by atoms with Crippen LogP contribution in [0.2, 0.25) is 0 Å².